The average Bonchev–Trinajstić information content (AvgIpc) is 2.93. The third kappa shape index (κ3) is 25.2. The van der Waals surface area contributed by atoms with E-state index in [1.165, 1.54) is 148 Å². The second-order valence-corrected chi connectivity index (χ2v) is 11.8. The zero-order valence-electron chi connectivity index (χ0n) is 26.2. The van der Waals surface area contributed by atoms with Gasteiger partial charge in [-0.1, -0.05) is 187 Å². The summed E-state index contributed by atoms with van der Waals surface area (Å²) in [7, 11) is 0. The maximum atomic E-state index is 12.4. The lowest BCUT2D eigenvalue weighted by atomic mass is 9.93. The maximum Gasteiger partial charge on any atom is 0.334 e. The number of carbonyl (C=O) groups excluding carboxylic acids is 1. The first-order chi connectivity index (χ1) is 18.7. The van der Waals surface area contributed by atoms with E-state index < -0.39 is 0 Å². The van der Waals surface area contributed by atoms with Crippen LogP contribution in [0.15, 0.2) is 24.8 Å². The highest BCUT2D eigenvalue weighted by molar-refractivity contribution is 5.88. The molecule has 224 valence electrons. The van der Waals surface area contributed by atoms with Crippen LogP contribution in [0.2, 0.25) is 0 Å². The van der Waals surface area contributed by atoms with Crippen LogP contribution in [-0.2, 0) is 9.53 Å². The highest BCUT2D eigenvalue weighted by Crippen LogP contribution is 2.21. The number of ether oxygens (including phenoxy) is 1. The summed E-state index contributed by atoms with van der Waals surface area (Å²) in [5.41, 5.74) is 0.591. The molecule has 2 heteroatoms. The van der Waals surface area contributed by atoms with Gasteiger partial charge in [0.25, 0.3) is 0 Å². The Balaban J connectivity index is 3.55. The van der Waals surface area contributed by atoms with Gasteiger partial charge in [-0.05, 0) is 12.8 Å². The molecule has 1 atom stereocenters. The van der Waals surface area contributed by atoms with E-state index in [1.807, 2.05) is 6.08 Å². The van der Waals surface area contributed by atoms with Crippen molar-refractivity contribution in [1.82, 2.24) is 0 Å². The molecule has 0 heterocycles. The fraction of sp³-hybridized carbons (Fsp3) is 0.861. The van der Waals surface area contributed by atoms with Gasteiger partial charge in [-0.25, -0.2) is 4.79 Å². The second kappa shape index (κ2) is 30.5. The number of rotatable bonds is 31. The summed E-state index contributed by atoms with van der Waals surface area (Å²) in [4.78, 5) is 12.4. The first kappa shape index (κ1) is 37.0. The van der Waals surface area contributed by atoms with E-state index in [9.17, 15) is 4.79 Å². The lowest BCUT2D eigenvalue weighted by Crippen LogP contribution is -2.14. The zero-order chi connectivity index (χ0) is 27.9. The van der Waals surface area contributed by atoms with Crippen LogP contribution in [0.3, 0.4) is 0 Å². The number of hydrogen-bond acceptors (Lipinski definition) is 2. The van der Waals surface area contributed by atoms with Gasteiger partial charge in [-0.15, -0.1) is 6.58 Å². The van der Waals surface area contributed by atoms with Crippen molar-refractivity contribution < 1.29 is 9.53 Å². The zero-order valence-corrected chi connectivity index (χ0v) is 26.2. The first-order valence-electron chi connectivity index (χ1n) is 17.2. The normalized spacial score (nSPS) is 11.9. The Morgan fingerprint density at radius 1 is 0.553 bits per heavy atom. The lowest BCUT2D eigenvalue weighted by molar-refractivity contribution is -0.139. The standard InChI is InChI=1S/C36H68O2/c1-5-8-10-12-14-16-18-19-20-21-22-23-24-26-28-30-32-35(7-3)34(4)36(37)38-33-31-29-27-25-17-15-13-11-9-6-2/h7,35H,3-6,8-33H2,1-2H3. The van der Waals surface area contributed by atoms with Crippen LogP contribution >= 0.6 is 0 Å². The van der Waals surface area contributed by atoms with Gasteiger partial charge in [0.1, 0.15) is 0 Å². The van der Waals surface area contributed by atoms with Crippen LogP contribution in [-0.4, -0.2) is 12.6 Å². The van der Waals surface area contributed by atoms with E-state index in [4.69, 9.17) is 4.74 Å². The molecule has 0 aromatic heterocycles. The molecule has 0 radical (unpaired) electrons. The first-order valence-corrected chi connectivity index (χ1v) is 17.2. The van der Waals surface area contributed by atoms with Gasteiger partial charge in [0.15, 0.2) is 0 Å². The molecule has 38 heavy (non-hydrogen) atoms. The molecule has 0 aliphatic heterocycles. The van der Waals surface area contributed by atoms with E-state index in [2.05, 4.69) is 27.0 Å². The van der Waals surface area contributed by atoms with Crippen LogP contribution in [0.1, 0.15) is 187 Å². The number of carbonyl (C=O) groups is 1. The monoisotopic (exact) mass is 533 g/mol. The Bertz CT molecular complexity index is 523. The molecule has 2 nitrogen and oxygen atoms in total. The molecule has 0 aliphatic rings. The van der Waals surface area contributed by atoms with Crippen molar-refractivity contribution in [2.45, 2.75) is 187 Å². The summed E-state index contributed by atoms with van der Waals surface area (Å²) in [5, 5.41) is 0. The third-order valence-electron chi connectivity index (χ3n) is 8.09. The minimum atomic E-state index is -0.220. The van der Waals surface area contributed by atoms with Gasteiger partial charge < -0.3 is 4.74 Å². The Hall–Kier alpha value is -1.05. The summed E-state index contributed by atoms with van der Waals surface area (Å²) in [5.74, 6) is -0.163. The Labute approximate surface area is 239 Å². The number of hydrogen-bond donors (Lipinski definition) is 0. The van der Waals surface area contributed by atoms with Gasteiger partial charge in [0.05, 0.1) is 6.61 Å². The van der Waals surface area contributed by atoms with E-state index >= 15 is 0 Å². The molecule has 0 saturated heterocycles. The predicted octanol–water partition coefficient (Wildman–Crippen LogP) is 12.5. The quantitative estimate of drug-likeness (QED) is 0.0384. The van der Waals surface area contributed by atoms with Gasteiger partial charge in [0, 0.05) is 11.5 Å². The van der Waals surface area contributed by atoms with Crippen molar-refractivity contribution in [3.63, 3.8) is 0 Å². The number of unbranched alkanes of at least 4 members (excludes halogenated alkanes) is 24. The van der Waals surface area contributed by atoms with E-state index in [0.717, 1.165) is 25.7 Å². The van der Waals surface area contributed by atoms with Crippen molar-refractivity contribution in [3.05, 3.63) is 24.8 Å². The Kier molecular flexibility index (Phi) is 29.6. The van der Waals surface area contributed by atoms with E-state index in [-0.39, 0.29) is 11.9 Å². The van der Waals surface area contributed by atoms with E-state index in [0.29, 0.717) is 12.2 Å². The molecule has 1 unspecified atom stereocenters. The number of allylic oxidation sites excluding steroid dienone is 1. The van der Waals surface area contributed by atoms with Gasteiger partial charge in [0.2, 0.25) is 0 Å². The van der Waals surface area contributed by atoms with Crippen LogP contribution < -0.4 is 0 Å². The Morgan fingerprint density at radius 2 is 0.868 bits per heavy atom. The van der Waals surface area contributed by atoms with Crippen LogP contribution in [0, 0.1) is 5.92 Å². The molecule has 0 spiro atoms. The topological polar surface area (TPSA) is 26.3 Å². The fourth-order valence-electron chi connectivity index (χ4n) is 5.35. The summed E-state index contributed by atoms with van der Waals surface area (Å²) in [6, 6.07) is 0. The van der Waals surface area contributed by atoms with Crippen molar-refractivity contribution >= 4 is 5.97 Å². The molecule has 0 fully saturated rings. The van der Waals surface area contributed by atoms with Crippen molar-refractivity contribution in [2.75, 3.05) is 6.61 Å². The summed E-state index contributed by atoms with van der Waals surface area (Å²) in [6.45, 7) is 13.1. The SMILES string of the molecule is C=CC(CCCCCCCCCCCCCCCCCC)C(=C)C(=O)OCCCCCCCCCCCC. The highest BCUT2D eigenvalue weighted by Gasteiger charge is 2.17. The highest BCUT2D eigenvalue weighted by atomic mass is 16.5. The summed E-state index contributed by atoms with van der Waals surface area (Å²) in [6.07, 6.45) is 37.8. The molecule has 0 bridgehead atoms. The van der Waals surface area contributed by atoms with E-state index in [1.54, 1.807) is 0 Å². The van der Waals surface area contributed by atoms with Gasteiger partial charge >= 0.3 is 5.97 Å². The minimum Gasteiger partial charge on any atom is -0.462 e. The van der Waals surface area contributed by atoms with Gasteiger partial charge in [-0.2, -0.15) is 0 Å². The molecular weight excluding hydrogens is 464 g/mol. The molecule has 0 saturated carbocycles. The van der Waals surface area contributed by atoms with Crippen molar-refractivity contribution in [1.29, 1.82) is 0 Å². The number of esters is 1. The van der Waals surface area contributed by atoms with Crippen molar-refractivity contribution in [2.24, 2.45) is 5.92 Å². The Morgan fingerprint density at radius 3 is 1.21 bits per heavy atom. The summed E-state index contributed by atoms with van der Waals surface area (Å²) < 4.78 is 5.51. The third-order valence-corrected chi connectivity index (χ3v) is 8.09. The van der Waals surface area contributed by atoms with Crippen LogP contribution in [0.25, 0.3) is 0 Å². The molecule has 0 aromatic carbocycles. The molecule has 0 aromatic rings. The molecule has 0 amide bonds. The molecule has 0 N–H and O–H groups in total. The average molecular weight is 533 g/mol. The molecular formula is C36H68O2. The molecule has 0 aliphatic carbocycles. The van der Waals surface area contributed by atoms with Crippen LogP contribution in [0.5, 0.6) is 0 Å². The fourth-order valence-corrected chi connectivity index (χ4v) is 5.35. The summed E-state index contributed by atoms with van der Waals surface area (Å²) >= 11 is 0. The maximum absolute atomic E-state index is 12.4. The lowest BCUT2D eigenvalue weighted by Gasteiger charge is -2.15. The minimum absolute atomic E-state index is 0.0573. The predicted molar refractivity (Wildman–Crippen MR) is 170 cm³/mol. The van der Waals surface area contributed by atoms with Crippen LogP contribution in [0.4, 0.5) is 0 Å². The second-order valence-electron chi connectivity index (χ2n) is 11.8. The smallest absolute Gasteiger partial charge is 0.334 e. The van der Waals surface area contributed by atoms with Gasteiger partial charge in [-0.3, -0.25) is 0 Å². The largest absolute Gasteiger partial charge is 0.462 e. The van der Waals surface area contributed by atoms with Crippen molar-refractivity contribution in [3.8, 4) is 0 Å². The molecule has 0 rings (SSSR count).